The minimum atomic E-state index is -1.00. The number of alkyl carbamates (subject to hydrolysis) is 1. The Labute approximate surface area is 364 Å². The van der Waals surface area contributed by atoms with Crippen molar-refractivity contribution in [2.45, 2.75) is 65.8 Å². The number of nitrogens with one attached hydrogen (secondary N) is 3. The van der Waals surface area contributed by atoms with Crippen molar-refractivity contribution in [1.29, 1.82) is 0 Å². The van der Waals surface area contributed by atoms with E-state index in [1.165, 1.54) is 0 Å². The number of ether oxygens (including phenoxy) is 2. The van der Waals surface area contributed by atoms with Crippen molar-refractivity contribution in [2.75, 3.05) is 0 Å². The number of carbonyl (C=O) groups is 3. The Bertz CT molecular complexity index is 3030. The van der Waals surface area contributed by atoms with Crippen molar-refractivity contribution in [2.24, 2.45) is 5.73 Å². The van der Waals surface area contributed by atoms with E-state index in [0.29, 0.717) is 38.8 Å². The van der Waals surface area contributed by atoms with Gasteiger partial charge in [-0.2, -0.15) is 0 Å². The highest BCUT2D eigenvalue weighted by atomic mass is 16.6. The van der Waals surface area contributed by atoms with Gasteiger partial charge in [-0.1, -0.05) is 97.1 Å². The molecule has 0 saturated heterocycles. The highest BCUT2D eigenvalue weighted by molar-refractivity contribution is 6.15. The molecule has 0 aliphatic rings. The van der Waals surface area contributed by atoms with Crippen LogP contribution < -0.4 is 11.1 Å². The molecule has 0 atom stereocenters. The van der Waals surface area contributed by atoms with Crippen LogP contribution in [0.4, 0.5) is 4.79 Å². The van der Waals surface area contributed by atoms with E-state index in [0.717, 1.165) is 44.1 Å². The van der Waals surface area contributed by atoms with Gasteiger partial charge in [0, 0.05) is 51.9 Å². The molecule has 8 rings (SSSR count). The topological polar surface area (TPSA) is 185 Å². The Balaban J connectivity index is 0.000000200. The molecule has 12 heteroatoms. The summed E-state index contributed by atoms with van der Waals surface area (Å²) in [5.74, 6) is -1.49. The number of hydrogen-bond acceptors (Lipinski definition) is 8. The number of carboxylic acids is 1. The molecule has 0 saturated carbocycles. The third kappa shape index (κ3) is 10.5. The molecule has 0 spiro atoms. The molecule has 0 aliphatic heterocycles. The quantitative estimate of drug-likeness (QED) is 0.0882. The first-order valence-corrected chi connectivity index (χ1v) is 20.5. The van der Waals surface area contributed by atoms with Crippen LogP contribution in [0.25, 0.3) is 67.7 Å². The second-order valence-electron chi connectivity index (χ2n) is 16.9. The molecular weight excluding hydrogens is 793 g/mol. The number of esters is 1. The number of aromatic nitrogens is 4. The van der Waals surface area contributed by atoms with Gasteiger partial charge >= 0.3 is 18.0 Å². The van der Waals surface area contributed by atoms with Gasteiger partial charge in [-0.15, -0.1) is 0 Å². The summed E-state index contributed by atoms with van der Waals surface area (Å²) in [5.41, 5.74) is 11.1. The monoisotopic (exact) mass is 842 g/mol. The van der Waals surface area contributed by atoms with Gasteiger partial charge in [-0.05, 0) is 87.7 Å². The Morgan fingerprint density at radius 1 is 0.635 bits per heavy atom. The van der Waals surface area contributed by atoms with Crippen molar-refractivity contribution in [1.82, 2.24) is 25.3 Å². The molecule has 4 heterocycles. The molecule has 0 bridgehead atoms. The van der Waals surface area contributed by atoms with Gasteiger partial charge in [-0.3, -0.25) is 0 Å². The van der Waals surface area contributed by atoms with Crippen LogP contribution in [0.3, 0.4) is 0 Å². The third-order valence-electron chi connectivity index (χ3n) is 9.82. The fourth-order valence-corrected chi connectivity index (χ4v) is 7.09. The summed E-state index contributed by atoms with van der Waals surface area (Å²) >= 11 is 0. The predicted octanol–water partition coefficient (Wildman–Crippen LogP) is 10.9. The van der Waals surface area contributed by atoms with E-state index < -0.39 is 29.2 Å². The molecular formula is C51H50N6O6. The van der Waals surface area contributed by atoms with Crippen LogP contribution in [0.2, 0.25) is 0 Å². The second-order valence-corrected chi connectivity index (χ2v) is 16.9. The number of carbonyl (C=O) groups excluding carboxylic acids is 2. The number of carboxylic acid groups (broad SMARTS) is 1. The molecule has 0 aliphatic carbocycles. The van der Waals surface area contributed by atoms with Gasteiger partial charge in [0.25, 0.3) is 0 Å². The number of amides is 1. The van der Waals surface area contributed by atoms with Crippen molar-refractivity contribution in [3.63, 3.8) is 0 Å². The molecule has 4 aromatic carbocycles. The molecule has 320 valence electrons. The molecule has 0 radical (unpaired) electrons. The molecule has 6 N–H and O–H groups in total. The zero-order chi connectivity index (χ0) is 44.9. The first-order chi connectivity index (χ1) is 30.1. The number of benzene rings is 4. The molecule has 0 unspecified atom stereocenters. The number of hydrogen-bond donors (Lipinski definition) is 5. The van der Waals surface area contributed by atoms with E-state index in [-0.39, 0.29) is 18.7 Å². The summed E-state index contributed by atoms with van der Waals surface area (Å²) in [4.78, 5) is 53.0. The standard InChI is InChI=1S/C30H33N3O4.C21H17N3O2/c1-29(2,3)36-27(34)25-22-15-13-20-17-31-21(14-12-19-10-8-7-9-11-19)16-23(20)26(22)33-24(25)18-32-28(35)37-30(4,5)6;22-11-18-19(21(25)26)16-9-7-14-12-23-15(10-17(14)20(16)24-18)8-6-13-4-2-1-3-5-13/h7-17,31H,18H2,1-6H3,(H,32,35);1-10,12,23H,11,22H2,(H,25,26)/b14-12+;8-6+. The smallest absolute Gasteiger partial charge is 0.407 e. The predicted molar refractivity (Wildman–Crippen MR) is 251 cm³/mol. The Morgan fingerprint density at radius 3 is 1.57 bits per heavy atom. The highest BCUT2D eigenvalue weighted by Crippen LogP contribution is 2.33. The summed E-state index contributed by atoms with van der Waals surface area (Å²) in [5, 5.41) is 17.2. The van der Waals surface area contributed by atoms with Crippen LogP contribution >= 0.6 is 0 Å². The molecule has 12 nitrogen and oxygen atoms in total. The Kier molecular flexibility index (Phi) is 12.6. The molecule has 63 heavy (non-hydrogen) atoms. The lowest BCUT2D eigenvalue weighted by molar-refractivity contribution is 0.00692. The molecule has 1 amide bonds. The molecule has 0 fully saturated rings. The highest BCUT2D eigenvalue weighted by Gasteiger charge is 2.27. The van der Waals surface area contributed by atoms with E-state index in [1.54, 1.807) is 26.8 Å². The van der Waals surface area contributed by atoms with Crippen LogP contribution in [0.1, 0.15) is 96.2 Å². The molecule has 4 aromatic heterocycles. The van der Waals surface area contributed by atoms with E-state index >= 15 is 0 Å². The largest absolute Gasteiger partial charge is 0.478 e. The summed E-state index contributed by atoms with van der Waals surface area (Å²) < 4.78 is 11.1. The van der Waals surface area contributed by atoms with Gasteiger partial charge in [0.15, 0.2) is 0 Å². The van der Waals surface area contributed by atoms with Crippen LogP contribution in [0.15, 0.2) is 109 Å². The fourth-order valence-electron chi connectivity index (χ4n) is 7.09. The normalized spacial score (nSPS) is 12.0. The number of rotatable bonds is 9. The summed E-state index contributed by atoms with van der Waals surface area (Å²) in [6, 6.07) is 31.5. The number of H-pyrrole nitrogens is 2. The zero-order valence-electron chi connectivity index (χ0n) is 36.1. The first-order valence-electron chi connectivity index (χ1n) is 20.5. The molecule has 8 aromatic rings. The maximum absolute atomic E-state index is 13.3. The summed E-state index contributed by atoms with van der Waals surface area (Å²) in [6.07, 6.45) is 11.3. The van der Waals surface area contributed by atoms with Crippen LogP contribution in [0, 0.1) is 0 Å². The zero-order valence-corrected chi connectivity index (χ0v) is 36.1. The van der Waals surface area contributed by atoms with Crippen molar-refractivity contribution >= 4 is 85.7 Å². The number of nitrogens with zero attached hydrogens (tertiary/aromatic N) is 2. The Hall–Kier alpha value is -7.57. The van der Waals surface area contributed by atoms with Crippen LogP contribution in [-0.4, -0.2) is 54.3 Å². The van der Waals surface area contributed by atoms with Gasteiger partial charge in [-0.25, -0.2) is 24.4 Å². The maximum Gasteiger partial charge on any atom is 0.407 e. The number of aromatic amines is 2. The lowest BCUT2D eigenvalue weighted by Gasteiger charge is -2.20. The number of fused-ring (bicyclic) bond motifs is 6. The minimum absolute atomic E-state index is 0.0272. The van der Waals surface area contributed by atoms with Gasteiger partial charge < -0.3 is 35.6 Å². The van der Waals surface area contributed by atoms with E-state index in [2.05, 4.69) is 20.3 Å². The van der Waals surface area contributed by atoms with E-state index in [4.69, 9.17) is 20.2 Å². The van der Waals surface area contributed by atoms with Crippen molar-refractivity contribution in [3.8, 4) is 0 Å². The van der Waals surface area contributed by atoms with Crippen LogP contribution in [0.5, 0.6) is 0 Å². The van der Waals surface area contributed by atoms with E-state index in [1.807, 2.05) is 148 Å². The number of aromatic carboxylic acids is 1. The minimum Gasteiger partial charge on any atom is -0.478 e. The lowest BCUT2D eigenvalue weighted by Crippen LogP contribution is -2.32. The van der Waals surface area contributed by atoms with Crippen molar-refractivity contribution < 1.29 is 29.0 Å². The average molecular weight is 843 g/mol. The third-order valence-corrected chi connectivity index (χ3v) is 9.82. The Morgan fingerprint density at radius 2 is 1.11 bits per heavy atom. The summed E-state index contributed by atoms with van der Waals surface area (Å²) in [6.45, 7) is 11.0. The van der Waals surface area contributed by atoms with Crippen LogP contribution in [-0.2, 0) is 22.6 Å². The summed E-state index contributed by atoms with van der Waals surface area (Å²) in [7, 11) is 0. The second kappa shape index (κ2) is 18.2. The fraction of sp³-hybridized carbons (Fsp3) is 0.196. The van der Waals surface area contributed by atoms with Gasteiger partial charge in [0.1, 0.15) is 11.2 Å². The lowest BCUT2D eigenvalue weighted by atomic mass is 10.0. The average Bonchev–Trinajstić information content (AvgIpc) is 3.83. The SMILES string of the molecule is CC(C)(C)OC(=O)NCc1nc2c(ccc3c[nH]c(/C=C/c4ccccc4)cc32)c1C(=O)OC(C)(C)C.NCc1nc2c(ccc3c[nH]c(/C=C/c4ccccc4)cc32)c1C(=O)O. The number of nitrogens with two attached hydrogens (primary N) is 1. The first kappa shape index (κ1) is 43.5. The van der Waals surface area contributed by atoms with E-state index in [9.17, 15) is 19.5 Å². The van der Waals surface area contributed by atoms with Gasteiger partial charge in [0.2, 0.25) is 0 Å². The van der Waals surface area contributed by atoms with Gasteiger partial charge in [0.05, 0.1) is 40.1 Å². The number of pyridine rings is 2. The maximum atomic E-state index is 13.3. The van der Waals surface area contributed by atoms with Crippen molar-refractivity contribution in [3.05, 3.63) is 154 Å².